The molecule has 1 aliphatic carbocycles. The van der Waals surface area contributed by atoms with E-state index in [0.29, 0.717) is 6.04 Å². The largest absolute Gasteiger partial charge is 0.392 e. The van der Waals surface area contributed by atoms with E-state index in [-0.39, 0.29) is 6.61 Å². The van der Waals surface area contributed by atoms with E-state index in [1.54, 1.807) is 6.20 Å². The van der Waals surface area contributed by atoms with E-state index in [9.17, 15) is 0 Å². The normalized spacial score (nSPS) is 19.1. The molecule has 2 rings (SSSR count). The topological polar surface area (TPSA) is 38.1 Å². The number of aromatic nitrogens is 2. The first kappa shape index (κ1) is 10.7. The molecule has 1 N–H and O–H groups in total. The SMILES string of the molecule is Cc1c(CO)cnn1C1CCCCCC1. The van der Waals surface area contributed by atoms with Gasteiger partial charge in [0, 0.05) is 11.3 Å². The van der Waals surface area contributed by atoms with Gasteiger partial charge in [-0.3, -0.25) is 4.68 Å². The predicted molar refractivity (Wildman–Crippen MR) is 59.6 cm³/mol. The number of rotatable bonds is 2. The average molecular weight is 208 g/mol. The Balaban J connectivity index is 2.16. The molecule has 3 heteroatoms. The highest BCUT2D eigenvalue weighted by Gasteiger charge is 2.17. The molecule has 0 unspecified atom stereocenters. The van der Waals surface area contributed by atoms with Gasteiger partial charge in [-0.05, 0) is 19.8 Å². The van der Waals surface area contributed by atoms with E-state index in [0.717, 1.165) is 11.3 Å². The first-order valence-electron chi connectivity index (χ1n) is 5.96. The second-order valence-corrected chi connectivity index (χ2v) is 4.50. The Kier molecular flexibility index (Phi) is 3.41. The van der Waals surface area contributed by atoms with E-state index in [1.165, 1.54) is 38.5 Å². The predicted octanol–water partition coefficient (Wildman–Crippen LogP) is 2.58. The zero-order valence-corrected chi connectivity index (χ0v) is 9.45. The van der Waals surface area contributed by atoms with E-state index in [1.807, 2.05) is 0 Å². The Morgan fingerprint density at radius 3 is 2.53 bits per heavy atom. The van der Waals surface area contributed by atoms with Crippen molar-refractivity contribution >= 4 is 0 Å². The molecule has 0 bridgehead atoms. The quantitative estimate of drug-likeness (QED) is 0.759. The molecule has 3 nitrogen and oxygen atoms in total. The van der Waals surface area contributed by atoms with Gasteiger partial charge in [0.25, 0.3) is 0 Å². The van der Waals surface area contributed by atoms with Gasteiger partial charge in [-0.25, -0.2) is 0 Å². The van der Waals surface area contributed by atoms with Crippen LogP contribution in [0.15, 0.2) is 6.20 Å². The summed E-state index contributed by atoms with van der Waals surface area (Å²) in [4.78, 5) is 0. The van der Waals surface area contributed by atoms with Crippen LogP contribution in [0.25, 0.3) is 0 Å². The minimum absolute atomic E-state index is 0.110. The van der Waals surface area contributed by atoms with Crippen LogP contribution in [0.5, 0.6) is 0 Å². The lowest BCUT2D eigenvalue weighted by Crippen LogP contribution is -2.11. The maximum absolute atomic E-state index is 9.13. The number of aliphatic hydroxyl groups is 1. The molecule has 1 fully saturated rings. The summed E-state index contributed by atoms with van der Waals surface area (Å²) in [6.07, 6.45) is 9.66. The first-order valence-corrected chi connectivity index (χ1v) is 5.96. The summed E-state index contributed by atoms with van der Waals surface area (Å²) in [5, 5.41) is 13.5. The molecule has 1 heterocycles. The monoisotopic (exact) mass is 208 g/mol. The molecule has 0 saturated heterocycles. The van der Waals surface area contributed by atoms with Crippen molar-refractivity contribution in [3.63, 3.8) is 0 Å². The van der Waals surface area contributed by atoms with Gasteiger partial charge in [0.05, 0.1) is 18.8 Å². The van der Waals surface area contributed by atoms with Crippen molar-refractivity contribution in [1.29, 1.82) is 0 Å². The lowest BCUT2D eigenvalue weighted by molar-refractivity contribution is 0.280. The van der Waals surface area contributed by atoms with Crippen molar-refractivity contribution in [2.45, 2.75) is 58.1 Å². The van der Waals surface area contributed by atoms with Crippen LogP contribution in [0.2, 0.25) is 0 Å². The molecule has 0 aliphatic heterocycles. The van der Waals surface area contributed by atoms with Gasteiger partial charge >= 0.3 is 0 Å². The summed E-state index contributed by atoms with van der Waals surface area (Å²) in [6.45, 7) is 2.17. The zero-order chi connectivity index (χ0) is 10.7. The molecule has 0 aromatic carbocycles. The Morgan fingerprint density at radius 1 is 1.33 bits per heavy atom. The summed E-state index contributed by atoms with van der Waals surface area (Å²) in [7, 11) is 0. The number of aliphatic hydroxyl groups excluding tert-OH is 1. The summed E-state index contributed by atoms with van der Waals surface area (Å²) in [5.74, 6) is 0. The van der Waals surface area contributed by atoms with Gasteiger partial charge in [-0.15, -0.1) is 0 Å². The Morgan fingerprint density at radius 2 is 2.00 bits per heavy atom. The summed E-state index contributed by atoms with van der Waals surface area (Å²) in [6, 6.07) is 0.563. The van der Waals surface area contributed by atoms with Crippen LogP contribution in [-0.2, 0) is 6.61 Å². The second kappa shape index (κ2) is 4.79. The molecule has 0 spiro atoms. The van der Waals surface area contributed by atoms with Crippen molar-refractivity contribution in [3.8, 4) is 0 Å². The van der Waals surface area contributed by atoms with Crippen molar-refractivity contribution in [2.75, 3.05) is 0 Å². The van der Waals surface area contributed by atoms with Gasteiger partial charge in [0.15, 0.2) is 0 Å². The Hall–Kier alpha value is -0.830. The lowest BCUT2D eigenvalue weighted by Gasteiger charge is -2.16. The summed E-state index contributed by atoms with van der Waals surface area (Å²) >= 11 is 0. The molecule has 1 aliphatic rings. The first-order chi connectivity index (χ1) is 7.33. The molecule has 0 atom stereocenters. The Labute approximate surface area is 91.1 Å². The number of hydrogen-bond acceptors (Lipinski definition) is 2. The molecular weight excluding hydrogens is 188 g/mol. The molecule has 1 aromatic heterocycles. The van der Waals surface area contributed by atoms with Gasteiger partial charge in [0.2, 0.25) is 0 Å². The van der Waals surface area contributed by atoms with Gasteiger partial charge < -0.3 is 5.11 Å². The second-order valence-electron chi connectivity index (χ2n) is 4.50. The molecule has 15 heavy (non-hydrogen) atoms. The number of nitrogens with zero attached hydrogens (tertiary/aromatic N) is 2. The Bertz CT molecular complexity index is 311. The summed E-state index contributed by atoms with van der Waals surface area (Å²) < 4.78 is 2.12. The fourth-order valence-corrected chi connectivity index (χ4v) is 2.48. The van der Waals surface area contributed by atoms with Crippen LogP contribution in [-0.4, -0.2) is 14.9 Å². The standard InChI is InChI=1S/C12H20N2O/c1-10-11(9-15)8-13-14(10)12-6-4-2-3-5-7-12/h8,12,15H,2-7,9H2,1H3. The maximum atomic E-state index is 9.13. The highest BCUT2D eigenvalue weighted by Crippen LogP contribution is 2.28. The number of hydrogen-bond donors (Lipinski definition) is 1. The highest BCUT2D eigenvalue weighted by atomic mass is 16.3. The van der Waals surface area contributed by atoms with Crippen LogP contribution >= 0.6 is 0 Å². The third kappa shape index (κ3) is 2.23. The minimum Gasteiger partial charge on any atom is -0.392 e. The van der Waals surface area contributed by atoms with E-state index >= 15 is 0 Å². The molecular formula is C12H20N2O. The van der Waals surface area contributed by atoms with Gasteiger partial charge in [-0.1, -0.05) is 25.7 Å². The van der Waals surface area contributed by atoms with Crippen molar-refractivity contribution < 1.29 is 5.11 Å². The third-order valence-electron chi connectivity index (χ3n) is 3.49. The van der Waals surface area contributed by atoms with Crippen LogP contribution in [0.3, 0.4) is 0 Å². The van der Waals surface area contributed by atoms with Crippen molar-refractivity contribution in [1.82, 2.24) is 9.78 Å². The van der Waals surface area contributed by atoms with Crippen LogP contribution in [0.4, 0.5) is 0 Å². The molecule has 84 valence electrons. The van der Waals surface area contributed by atoms with E-state index < -0.39 is 0 Å². The maximum Gasteiger partial charge on any atom is 0.0715 e. The van der Waals surface area contributed by atoms with Crippen LogP contribution < -0.4 is 0 Å². The molecule has 0 amide bonds. The van der Waals surface area contributed by atoms with Gasteiger partial charge in [0.1, 0.15) is 0 Å². The zero-order valence-electron chi connectivity index (χ0n) is 9.45. The smallest absolute Gasteiger partial charge is 0.0715 e. The van der Waals surface area contributed by atoms with Crippen molar-refractivity contribution in [3.05, 3.63) is 17.5 Å². The fraction of sp³-hybridized carbons (Fsp3) is 0.750. The summed E-state index contributed by atoms with van der Waals surface area (Å²) in [5.41, 5.74) is 2.11. The van der Waals surface area contributed by atoms with Crippen LogP contribution in [0.1, 0.15) is 55.8 Å². The van der Waals surface area contributed by atoms with E-state index in [4.69, 9.17) is 5.11 Å². The molecule has 0 radical (unpaired) electrons. The van der Waals surface area contributed by atoms with Gasteiger partial charge in [-0.2, -0.15) is 5.10 Å². The lowest BCUT2D eigenvalue weighted by atomic mass is 10.1. The third-order valence-corrected chi connectivity index (χ3v) is 3.49. The fourth-order valence-electron chi connectivity index (χ4n) is 2.48. The average Bonchev–Trinajstić information content (AvgIpc) is 2.49. The van der Waals surface area contributed by atoms with Crippen LogP contribution in [0, 0.1) is 6.92 Å². The molecule has 1 saturated carbocycles. The highest BCUT2D eigenvalue weighted by molar-refractivity contribution is 5.15. The minimum atomic E-state index is 0.110. The van der Waals surface area contributed by atoms with E-state index in [2.05, 4.69) is 16.7 Å². The van der Waals surface area contributed by atoms with Crippen molar-refractivity contribution in [2.24, 2.45) is 0 Å². The molecule has 1 aromatic rings.